The first kappa shape index (κ1) is 10.4. The Morgan fingerprint density at radius 1 is 1.73 bits per heavy atom. The van der Waals surface area contributed by atoms with Crippen LogP contribution in [0, 0.1) is 12.5 Å². The Morgan fingerprint density at radius 3 is 2.45 bits per heavy atom. The van der Waals surface area contributed by atoms with Gasteiger partial charge < -0.3 is 9.84 Å². The zero-order valence-corrected chi connectivity index (χ0v) is 8.38. The minimum Gasteiger partial charge on any atom is -0.633 e. The fourth-order valence-corrected chi connectivity index (χ4v) is 0.622. The molecule has 1 N–H and O–H groups in total. The molecule has 1 rings (SSSR count). The van der Waals surface area contributed by atoms with Crippen molar-refractivity contribution in [2.24, 2.45) is 5.92 Å². The minimum absolute atomic E-state index is 0. The summed E-state index contributed by atoms with van der Waals surface area (Å²) in [6.45, 7) is 4.22. The van der Waals surface area contributed by atoms with Crippen LogP contribution in [0.4, 0.5) is 0 Å². The Bertz CT molecular complexity index is 211. The summed E-state index contributed by atoms with van der Waals surface area (Å²) in [7, 11) is 0. The van der Waals surface area contributed by atoms with Gasteiger partial charge in [0.05, 0.1) is 0 Å². The average Bonchev–Trinajstić information content (AvgIpc) is 2.14. The van der Waals surface area contributed by atoms with Crippen LogP contribution in [0.2, 0.25) is 0 Å². The molecule has 0 spiro atoms. The van der Waals surface area contributed by atoms with E-state index in [0.717, 1.165) is 6.61 Å². The number of aliphatic carboxylic acids is 1. The number of carboxylic acid groups (broad SMARTS) is 1. The molecular formula is C6H5O4W-. The van der Waals surface area contributed by atoms with Gasteiger partial charge in [0.2, 0.25) is 0 Å². The average molecular weight is 325 g/mol. The maximum atomic E-state index is 10.5. The first-order chi connectivity index (χ1) is 4.63. The van der Waals surface area contributed by atoms with E-state index in [1.807, 2.05) is 0 Å². The molecule has 0 radical (unpaired) electrons. The van der Waals surface area contributed by atoms with Crippen LogP contribution in [0.3, 0.4) is 0 Å². The van der Waals surface area contributed by atoms with Gasteiger partial charge >= 0.3 is 0 Å². The maximum absolute atomic E-state index is 10.5. The molecule has 1 heterocycles. The molecule has 60 valence electrons. The number of hydrogen-bond acceptors (Lipinski definition) is 3. The van der Waals surface area contributed by atoms with Crippen LogP contribution in [-0.4, -0.2) is 17.0 Å². The molecule has 5 heteroatoms. The summed E-state index contributed by atoms with van der Waals surface area (Å²) >= 11 is 0. The van der Waals surface area contributed by atoms with Crippen molar-refractivity contribution >= 4 is 11.9 Å². The van der Waals surface area contributed by atoms with Crippen LogP contribution in [0.25, 0.3) is 0 Å². The Morgan fingerprint density at radius 2 is 2.27 bits per heavy atom. The van der Waals surface area contributed by atoms with Crippen molar-refractivity contribution < 1.29 is 40.5 Å². The van der Waals surface area contributed by atoms with Gasteiger partial charge in [0.1, 0.15) is 0 Å². The molecule has 0 aromatic rings. The number of carboxylic acids is 1. The summed E-state index contributed by atoms with van der Waals surface area (Å²) in [6, 6.07) is 0. The monoisotopic (exact) mass is 325 g/mol. The van der Waals surface area contributed by atoms with Crippen molar-refractivity contribution in [2.45, 2.75) is 0 Å². The number of esters is 1. The fraction of sp³-hybridized carbons (Fsp3) is 0.167. The van der Waals surface area contributed by atoms with Crippen molar-refractivity contribution in [3.63, 3.8) is 0 Å². The molecule has 0 bridgehead atoms. The summed E-state index contributed by atoms with van der Waals surface area (Å²) in [6.07, 6.45) is 0. The second-order valence-corrected chi connectivity index (χ2v) is 1.88. The minimum atomic E-state index is -1.11. The summed E-state index contributed by atoms with van der Waals surface area (Å²) in [5.41, 5.74) is -0.0208. The SMILES string of the molecule is C=C1C(=O)O[CH-]C1C(=O)O.[W]. The van der Waals surface area contributed by atoms with Crippen molar-refractivity contribution in [2.75, 3.05) is 0 Å². The van der Waals surface area contributed by atoms with Gasteiger partial charge in [0.25, 0.3) is 11.9 Å². The van der Waals surface area contributed by atoms with Crippen molar-refractivity contribution in [1.29, 1.82) is 0 Å². The summed E-state index contributed by atoms with van der Waals surface area (Å²) in [5.74, 6) is -2.74. The molecule has 0 aromatic carbocycles. The maximum Gasteiger partial charge on any atom is 0.300 e. The van der Waals surface area contributed by atoms with Crippen LogP contribution in [0.1, 0.15) is 0 Å². The van der Waals surface area contributed by atoms with E-state index in [-0.39, 0.29) is 26.6 Å². The van der Waals surface area contributed by atoms with E-state index >= 15 is 0 Å². The van der Waals surface area contributed by atoms with Gasteiger partial charge in [-0.25, -0.2) is 4.79 Å². The summed E-state index contributed by atoms with van der Waals surface area (Å²) < 4.78 is 4.29. The number of carbonyl (C=O) groups excluding carboxylic acids is 1. The number of rotatable bonds is 1. The van der Waals surface area contributed by atoms with Crippen LogP contribution in [-0.2, 0) is 35.4 Å². The zero-order valence-electron chi connectivity index (χ0n) is 5.44. The second kappa shape index (κ2) is 3.67. The van der Waals surface area contributed by atoms with Crippen LogP contribution in [0.5, 0.6) is 0 Å². The third-order valence-corrected chi connectivity index (χ3v) is 1.21. The molecule has 1 aliphatic rings. The van der Waals surface area contributed by atoms with Gasteiger partial charge in [-0.1, -0.05) is 6.58 Å². The number of ether oxygens (including phenoxy) is 1. The first-order valence-electron chi connectivity index (χ1n) is 2.59. The molecule has 0 amide bonds. The second-order valence-electron chi connectivity index (χ2n) is 1.88. The van der Waals surface area contributed by atoms with Gasteiger partial charge in [-0.05, 0) is 5.92 Å². The number of cyclic esters (lactones) is 1. The molecule has 0 saturated carbocycles. The zero-order chi connectivity index (χ0) is 7.72. The van der Waals surface area contributed by atoms with Crippen LogP contribution in [0.15, 0.2) is 12.2 Å². The fourth-order valence-electron chi connectivity index (χ4n) is 0.622. The van der Waals surface area contributed by atoms with Crippen LogP contribution >= 0.6 is 0 Å². The number of hydrogen-bond donors (Lipinski definition) is 1. The first-order valence-corrected chi connectivity index (χ1v) is 2.59. The molecule has 1 saturated heterocycles. The van der Waals surface area contributed by atoms with Gasteiger partial charge in [0.15, 0.2) is 0 Å². The van der Waals surface area contributed by atoms with Gasteiger partial charge in [-0.15, -0.1) is 6.61 Å². The third kappa shape index (κ3) is 1.90. The molecule has 0 aromatic heterocycles. The standard InChI is InChI=1S/C6H5O4.W/c1-3-4(5(7)8)2-10-6(3)9;/h2,4H,1H2,(H,7,8);/q-1;. The van der Waals surface area contributed by atoms with Crippen molar-refractivity contribution in [3.05, 3.63) is 18.8 Å². The summed E-state index contributed by atoms with van der Waals surface area (Å²) in [4.78, 5) is 20.7. The van der Waals surface area contributed by atoms with E-state index in [9.17, 15) is 9.59 Å². The summed E-state index contributed by atoms with van der Waals surface area (Å²) in [5, 5.41) is 8.38. The van der Waals surface area contributed by atoms with E-state index in [0.29, 0.717) is 0 Å². The Kier molecular flexibility index (Phi) is 3.46. The molecule has 0 aliphatic carbocycles. The normalized spacial score (nSPS) is 22.4. The molecular weight excluding hydrogens is 320 g/mol. The van der Waals surface area contributed by atoms with Crippen molar-refractivity contribution in [3.8, 4) is 0 Å². The van der Waals surface area contributed by atoms with Crippen molar-refractivity contribution in [1.82, 2.24) is 0 Å². The van der Waals surface area contributed by atoms with E-state index < -0.39 is 17.9 Å². The van der Waals surface area contributed by atoms with Crippen LogP contribution < -0.4 is 0 Å². The predicted octanol–water partition coefficient (Wildman–Crippen LogP) is -0.0405. The Hall–Kier alpha value is -0.632. The molecule has 1 fully saturated rings. The topological polar surface area (TPSA) is 63.6 Å². The van der Waals surface area contributed by atoms with E-state index in [4.69, 9.17) is 5.11 Å². The molecule has 1 atom stereocenters. The quantitative estimate of drug-likeness (QED) is 0.417. The van der Waals surface area contributed by atoms with E-state index in [1.54, 1.807) is 0 Å². The Labute approximate surface area is 77.5 Å². The molecule has 11 heavy (non-hydrogen) atoms. The molecule has 1 unspecified atom stereocenters. The number of carbonyl (C=O) groups is 2. The van der Waals surface area contributed by atoms with Gasteiger partial charge in [-0.2, -0.15) is 0 Å². The van der Waals surface area contributed by atoms with E-state index in [1.165, 1.54) is 0 Å². The Balaban J connectivity index is 0.000001000. The van der Waals surface area contributed by atoms with Gasteiger partial charge in [-0.3, -0.25) is 4.79 Å². The molecule has 4 nitrogen and oxygen atoms in total. The predicted molar refractivity (Wildman–Crippen MR) is 30.7 cm³/mol. The third-order valence-electron chi connectivity index (χ3n) is 1.21. The van der Waals surface area contributed by atoms with E-state index in [2.05, 4.69) is 11.3 Å². The van der Waals surface area contributed by atoms with Gasteiger partial charge in [0, 0.05) is 26.6 Å². The smallest absolute Gasteiger partial charge is 0.300 e. The molecule has 1 aliphatic heterocycles. The largest absolute Gasteiger partial charge is 0.633 e.